The van der Waals surface area contributed by atoms with E-state index in [0.717, 1.165) is 15.9 Å². The number of aromatic nitrogens is 1. The van der Waals surface area contributed by atoms with Crippen molar-refractivity contribution < 1.29 is 27.4 Å². The van der Waals surface area contributed by atoms with E-state index in [1.165, 1.54) is 20.4 Å². The average molecular weight is 448 g/mol. The van der Waals surface area contributed by atoms with E-state index >= 15 is 8.78 Å². The predicted octanol–water partition coefficient (Wildman–Crippen LogP) is 4.08. The summed E-state index contributed by atoms with van der Waals surface area (Å²) in [5, 5.41) is 3.00. The molecule has 10 heteroatoms. The fraction of sp³-hybridized carbons (Fsp3) is 0.273. The smallest absolute Gasteiger partial charge is 0.329 e. The third-order valence-electron chi connectivity index (χ3n) is 4.97. The number of anilines is 2. The van der Waals surface area contributed by atoms with Gasteiger partial charge in [0.2, 0.25) is 0 Å². The van der Waals surface area contributed by atoms with E-state index in [-0.39, 0.29) is 24.6 Å². The van der Waals surface area contributed by atoms with Gasteiger partial charge in [-0.05, 0) is 12.1 Å². The van der Waals surface area contributed by atoms with Crippen LogP contribution >= 0.6 is 0 Å². The van der Waals surface area contributed by atoms with Crippen LogP contribution in [0.5, 0.6) is 11.5 Å². The van der Waals surface area contributed by atoms with Crippen molar-refractivity contribution in [2.24, 2.45) is 0 Å². The second-order valence-corrected chi connectivity index (χ2v) is 6.85. The molecule has 0 unspecified atom stereocenters. The van der Waals surface area contributed by atoms with Crippen LogP contribution in [0, 0.1) is 11.6 Å². The monoisotopic (exact) mass is 448 g/mol. The van der Waals surface area contributed by atoms with E-state index in [1.54, 1.807) is 12.1 Å². The molecule has 1 aliphatic rings. The Bertz CT molecular complexity index is 1030. The predicted molar refractivity (Wildman–Crippen MR) is 115 cm³/mol. The Kier molecular flexibility index (Phi) is 6.92. The Morgan fingerprint density at radius 3 is 2.47 bits per heavy atom. The maximum atomic E-state index is 15.0. The number of fused-ring (bicyclic) bond motifs is 1. The molecule has 0 aliphatic carbocycles. The van der Waals surface area contributed by atoms with Crippen LogP contribution < -0.4 is 24.6 Å². The third kappa shape index (κ3) is 4.20. The summed E-state index contributed by atoms with van der Waals surface area (Å²) in [5.74, 6) is -2.73. The largest absolute Gasteiger partial charge is 0.493 e. The Labute approximate surface area is 183 Å². The highest BCUT2D eigenvalue weighted by atomic mass is 19.1. The summed E-state index contributed by atoms with van der Waals surface area (Å²) in [4.78, 5) is 19.5. The number of rotatable bonds is 9. The number of carbonyl (C=O) groups is 1. The SMILES string of the molecule is C=CC(=C)NCc1cc2c(cn1)CN(c1c(F)c(OC)cc(OC)c1F)C(=O)N2CCF. The van der Waals surface area contributed by atoms with Crippen molar-refractivity contribution in [3.05, 3.63) is 66.2 Å². The summed E-state index contributed by atoms with van der Waals surface area (Å²) in [6.45, 7) is 6.32. The molecule has 0 radical (unpaired) electrons. The molecule has 0 saturated carbocycles. The number of halogens is 3. The average Bonchev–Trinajstić information content (AvgIpc) is 2.80. The highest BCUT2D eigenvalue weighted by Gasteiger charge is 2.36. The number of hydrogen-bond acceptors (Lipinski definition) is 5. The number of methoxy groups -OCH3 is 2. The first-order chi connectivity index (χ1) is 15.4. The van der Waals surface area contributed by atoms with Gasteiger partial charge in [-0.15, -0.1) is 0 Å². The van der Waals surface area contributed by atoms with Crippen molar-refractivity contribution in [3.63, 3.8) is 0 Å². The molecule has 0 fully saturated rings. The van der Waals surface area contributed by atoms with Crippen LogP contribution in [-0.4, -0.2) is 38.5 Å². The highest BCUT2D eigenvalue weighted by Crippen LogP contribution is 2.40. The molecule has 1 aliphatic heterocycles. The zero-order chi connectivity index (χ0) is 23.4. The van der Waals surface area contributed by atoms with Crippen molar-refractivity contribution in [2.75, 3.05) is 37.2 Å². The second-order valence-electron chi connectivity index (χ2n) is 6.85. The number of alkyl halides is 1. The lowest BCUT2D eigenvalue weighted by Gasteiger charge is -2.37. The summed E-state index contributed by atoms with van der Waals surface area (Å²) in [7, 11) is 2.42. The van der Waals surface area contributed by atoms with Gasteiger partial charge in [-0.3, -0.25) is 14.8 Å². The molecule has 7 nitrogen and oxygen atoms in total. The molecule has 0 bridgehead atoms. The topological polar surface area (TPSA) is 66.9 Å². The van der Waals surface area contributed by atoms with Crippen LogP contribution in [0.1, 0.15) is 11.3 Å². The van der Waals surface area contributed by atoms with Crippen molar-refractivity contribution in [1.29, 1.82) is 0 Å². The first-order valence-electron chi connectivity index (χ1n) is 9.64. The Morgan fingerprint density at radius 2 is 1.91 bits per heavy atom. The van der Waals surface area contributed by atoms with E-state index in [0.29, 0.717) is 29.2 Å². The number of nitrogens with one attached hydrogen (secondary N) is 1. The number of carbonyl (C=O) groups excluding carboxylic acids is 1. The van der Waals surface area contributed by atoms with Gasteiger partial charge in [0.1, 0.15) is 12.4 Å². The molecule has 0 atom stereocenters. The van der Waals surface area contributed by atoms with E-state index in [4.69, 9.17) is 9.47 Å². The maximum absolute atomic E-state index is 15.0. The van der Waals surface area contributed by atoms with Crippen LogP contribution in [0.15, 0.2) is 43.3 Å². The molecular formula is C22H23F3N4O3. The van der Waals surface area contributed by atoms with E-state index < -0.39 is 30.0 Å². The number of pyridine rings is 1. The molecule has 0 saturated heterocycles. The summed E-state index contributed by atoms with van der Waals surface area (Å²) in [6.07, 6.45) is 3.03. The van der Waals surface area contributed by atoms with Crippen molar-refractivity contribution >= 4 is 17.4 Å². The van der Waals surface area contributed by atoms with E-state index in [9.17, 15) is 9.18 Å². The molecule has 2 aromatic rings. The first-order valence-corrected chi connectivity index (χ1v) is 9.64. The highest BCUT2D eigenvalue weighted by molar-refractivity contribution is 6.06. The molecule has 0 spiro atoms. The molecule has 1 aromatic carbocycles. The number of urea groups is 1. The van der Waals surface area contributed by atoms with Crippen LogP contribution in [-0.2, 0) is 13.1 Å². The molecule has 3 rings (SSSR count). The normalized spacial score (nSPS) is 13.0. The van der Waals surface area contributed by atoms with E-state index in [2.05, 4.69) is 23.5 Å². The van der Waals surface area contributed by atoms with Gasteiger partial charge in [0.25, 0.3) is 0 Å². The molecule has 2 amide bonds. The van der Waals surface area contributed by atoms with E-state index in [1.807, 2.05) is 0 Å². The van der Waals surface area contributed by atoms with Gasteiger partial charge in [0, 0.05) is 23.5 Å². The second kappa shape index (κ2) is 9.63. The minimum atomic E-state index is -1.07. The van der Waals surface area contributed by atoms with Gasteiger partial charge < -0.3 is 14.8 Å². The number of nitrogens with zero attached hydrogens (tertiary/aromatic N) is 3. The number of amides is 2. The zero-order valence-corrected chi connectivity index (χ0v) is 17.8. The third-order valence-corrected chi connectivity index (χ3v) is 4.97. The number of benzene rings is 1. The van der Waals surface area contributed by atoms with Gasteiger partial charge in [-0.2, -0.15) is 0 Å². The summed E-state index contributed by atoms with van der Waals surface area (Å²) < 4.78 is 53.3. The Balaban J connectivity index is 2.06. The lowest BCUT2D eigenvalue weighted by Crippen LogP contribution is -2.49. The quantitative estimate of drug-likeness (QED) is 0.586. The molecule has 170 valence electrons. The van der Waals surface area contributed by atoms with Gasteiger partial charge in [0.05, 0.1) is 45.2 Å². The maximum Gasteiger partial charge on any atom is 0.329 e. The van der Waals surface area contributed by atoms with Crippen molar-refractivity contribution in [1.82, 2.24) is 10.3 Å². The molecule has 32 heavy (non-hydrogen) atoms. The van der Waals surface area contributed by atoms with Gasteiger partial charge in [0.15, 0.2) is 23.1 Å². The van der Waals surface area contributed by atoms with Crippen LogP contribution in [0.4, 0.5) is 29.3 Å². The number of allylic oxidation sites excluding steroid dienone is 1. The molecule has 1 N–H and O–H groups in total. The van der Waals surface area contributed by atoms with Gasteiger partial charge >= 0.3 is 6.03 Å². The Hall–Kier alpha value is -3.69. The summed E-state index contributed by atoms with van der Waals surface area (Å²) in [5.41, 5.74) is 1.41. The molecule has 2 heterocycles. The molecule has 1 aromatic heterocycles. The minimum absolute atomic E-state index is 0.179. The molecular weight excluding hydrogens is 425 g/mol. The minimum Gasteiger partial charge on any atom is -0.493 e. The standard InChI is InChI=1S/C22H23F3N4O3/c1-5-13(2)26-11-15-8-16-14(10-27-15)12-29(22(30)28(16)7-6-23)21-19(24)17(31-3)9-18(32-4)20(21)25/h5,8-10,26H,1-2,6-7,11-12H2,3-4H3. The Morgan fingerprint density at radius 1 is 1.25 bits per heavy atom. The summed E-state index contributed by atoms with van der Waals surface area (Å²) in [6, 6.07) is 1.89. The fourth-order valence-electron chi connectivity index (χ4n) is 3.33. The van der Waals surface area contributed by atoms with Crippen molar-refractivity contribution in [3.8, 4) is 11.5 Å². The zero-order valence-electron chi connectivity index (χ0n) is 17.8. The van der Waals surface area contributed by atoms with Crippen LogP contribution in [0.2, 0.25) is 0 Å². The van der Waals surface area contributed by atoms with Crippen LogP contribution in [0.25, 0.3) is 0 Å². The first kappa shape index (κ1) is 23.0. The number of ether oxygens (including phenoxy) is 2. The lowest BCUT2D eigenvalue weighted by molar-refractivity contribution is 0.248. The fourth-order valence-corrected chi connectivity index (χ4v) is 3.33. The van der Waals surface area contributed by atoms with Crippen molar-refractivity contribution in [2.45, 2.75) is 13.1 Å². The number of hydrogen-bond donors (Lipinski definition) is 1. The van der Waals surface area contributed by atoms with Gasteiger partial charge in [-0.25, -0.2) is 18.0 Å². The van der Waals surface area contributed by atoms with Crippen LogP contribution in [0.3, 0.4) is 0 Å². The summed E-state index contributed by atoms with van der Waals surface area (Å²) >= 11 is 0. The lowest BCUT2D eigenvalue weighted by atomic mass is 10.1. The van der Waals surface area contributed by atoms with Gasteiger partial charge in [-0.1, -0.05) is 13.2 Å².